The lowest BCUT2D eigenvalue weighted by Gasteiger charge is -2.17. The fourth-order valence-corrected chi connectivity index (χ4v) is 3.09. The van der Waals surface area contributed by atoms with Gasteiger partial charge in [-0.05, 0) is 43.6 Å². The van der Waals surface area contributed by atoms with Crippen LogP contribution in [0.1, 0.15) is 18.4 Å². The lowest BCUT2D eigenvalue weighted by Crippen LogP contribution is -2.19. The Hall–Kier alpha value is -2.58. The number of rotatable bonds is 9. The molecule has 3 aromatic carbocycles. The average molecular weight is 345 g/mol. The standard InChI is InChI=1S/C24H27NO/c1-25(20-21-12-4-2-5-13-21)18-10-11-19-26-24-17-9-8-16-23(24)22-14-6-3-7-15-22/h2-9,12-17H,10-11,18-20H2,1H3. The fraction of sp³-hybridized carbons (Fsp3) is 0.250. The third kappa shape index (κ3) is 5.47. The van der Waals surface area contributed by atoms with Crippen LogP contribution in [-0.2, 0) is 6.54 Å². The van der Waals surface area contributed by atoms with Crippen LogP contribution in [-0.4, -0.2) is 25.1 Å². The van der Waals surface area contributed by atoms with Crippen LogP contribution in [0.3, 0.4) is 0 Å². The van der Waals surface area contributed by atoms with Crippen molar-refractivity contribution in [3.8, 4) is 16.9 Å². The zero-order valence-electron chi connectivity index (χ0n) is 15.5. The van der Waals surface area contributed by atoms with E-state index in [0.717, 1.165) is 43.9 Å². The maximum absolute atomic E-state index is 6.07. The molecule has 0 aliphatic rings. The molecular formula is C24H27NO. The summed E-state index contributed by atoms with van der Waals surface area (Å²) in [6.45, 7) is 2.83. The van der Waals surface area contributed by atoms with Crippen molar-refractivity contribution in [1.82, 2.24) is 4.90 Å². The molecule has 3 rings (SSSR count). The summed E-state index contributed by atoms with van der Waals surface area (Å²) in [4.78, 5) is 2.37. The van der Waals surface area contributed by atoms with Crippen LogP contribution in [0.4, 0.5) is 0 Å². The van der Waals surface area contributed by atoms with E-state index in [-0.39, 0.29) is 0 Å². The van der Waals surface area contributed by atoms with Crippen molar-refractivity contribution in [3.63, 3.8) is 0 Å². The van der Waals surface area contributed by atoms with Gasteiger partial charge in [-0.25, -0.2) is 0 Å². The topological polar surface area (TPSA) is 12.5 Å². The van der Waals surface area contributed by atoms with Crippen molar-refractivity contribution in [2.75, 3.05) is 20.2 Å². The van der Waals surface area contributed by atoms with Crippen molar-refractivity contribution in [3.05, 3.63) is 90.5 Å². The van der Waals surface area contributed by atoms with Gasteiger partial charge in [0.25, 0.3) is 0 Å². The van der Waals surface area contributed by atoms with Gasteiger partial charge in [0.15, 0.2) is 0 Å². The number of unbranched alkanes of at least 4 members (excludes halogenated alkanes) is 1. The SMILES string of the molecule is CN(CCCCOc1ccccc1-c1ccccc1)Cc1ccccc1. The first-order valence-corrected chi connectivity index (χ1v) is 9.32. The maximum atomic E-state index is 6.07. The van der Waals surface area contributed by atoms with Gasteiger partial charge in [-0.2, -0.15) is 0 Å². The van der Waals surface area contributed by atoms with Gasteiger partial charge in [0.1, 0.15) is 5.75 Å². The molecule has 0 aliphatic carbocycles. The summed E-state index contributed by atoms with van der Waals surface area (Å²) in [6.07, 6.45) is 2.19. The molecule has 0 saturated heterocycles. The Labute approximate surface area is 157 Å². The van der Waals surface area contributed by atoms with E-state index in [9.17, 15) is 0 Å². The zero-order chi connectivity index (χ0) is 18.0. The van der Waals surface area contributed by atoms with Crippen LogP contribution in [0.25, 0.3) is 11.1 Å². The minimum absolute atomic E-state index is 0.753. The molecule has 0 amide bonds. The Morgan fingerprint density at radius 3 is 2.15 bits per heavy atom. The molecule has 0 heterocycles. The van der Waals surface area contributed by atoms with Crippen LogP contribution in [0.2, 0.25) is 0 Å². The first-order chi connectivity index (χ1) is 12.8. The Balaban J connectivity index is 1.43. The Kier molecular flexibility index (Phi) is 6.86. The first kappa shape index (κ1) is 18.2. The molecule has 134 valence electrons. The molecule has 0 N–H and O–H groups in total. The second-order valence-corrected chi connectivity index (χ2v) is 6.64. The summed E-state index contributed by atoms with van der Waals surface area (Å²) in [5.74, 6) is 0.969. The minimum Gasteiger partial charge on any atom is -0.493 e. The molecule has 0 bridgehead atoms. The molecule has 0 unspecified atom stereocenters. The van der Waals surface area contributed by atoms with Crippen LogP contribution in [0, 0.1) is 0 Å². The van der Waals surface area contributed by atoms with Crippen molar-refractivity contribution in [1.29, 1.82) is 0 Å². The smallest absolute Gasteiger partial charge is 0.127 e. The van der Waals surface area contributed by atoms with Crippen LogP contribution in [0.5, 0.6) is 5.75 Å². The second kappa shape index (κ2) is 9.79. The number of hydrogen-bond donors (Lipinski definition) is 0. The number of nitrogens with zero attached hydrogens (tertiary/aromatic N) is 1. The monoisotopic (exact) mass is 345 g/mol. The molecule has 0 saturated carbocycles. The number of para-hydroxylation sites is 1. The van der Waals surface area contributed by atoms with Crippen molar-refractivity contribution in [2.24, 2.45) is 0 Å². The molecule has 26 heavy (non-hydrogen) atoms. The van der Waals surface area contributed by atoms with Crippen LogP contribution >= 0.6 is 0 Å². The van der Waals surface area contributed by atoms with E-state index >= 15 is 0 Å². The number of benzene rings is 3. The molecule has 0 aromatic heterocycles. The lowest BCUT2D eigenvalue weighted by molar-refractivity contribution is 0.276. The zero-order valence-corrected chi connectivity index (χ0v) is 15.5. The van der Waals surface area contributed by atoms with E-state index in [0.29, 0.717) is 0 Å². The van der Waals surface area contributed by atoms with Crippen molar-refractivity contribution in [2.45, 2.75) is 19.4 Å². The van der Waals surface area contributed by atoms with Crippen LogP contribution < -0.4 is 4.74 Å². The first-order valence-electron chi connectivity index (χ1n) is 9.32. The third-order valence-corrected chi connectivity index (χ3v) is 4.46. The van der Waals surface area contributed by atoms with E-state index in [1.54, 1.807) is 0 Å². The summed E-state index contributed by atoms with van der Waals surface area (Å²) in [5, 5.41) is 0. The lowest BCUT2D eigenvalue weighted by atomic mass is 10.1. The summed E-state index contributed by atoms with van der Waals surface area (Å²) in [6, 6.07) is 29.3. The number of hydrogen-bond acceptors (Lipinski definition) is 2. The van der Waals surface area contributed by atoms with Gasteiger partial charge in [0.2, 0.25) is 0 Å². The molecule has 2 heteroatoms. The van der Waals surface area contributed by atoms with E-state index in [1.807, 2.05) is 12.1 Å². The molecule has 3 aromatic rings. The third-order valence-electron chi connectivity index (χ3n) is 4.46. The Morgan fingerprint density at radius 2 is 1.38 bits per heavy atom. The Morgan fingerprint density at radius 1 is 0.731 bits per heavy atom. The van der Waals surface area contributed by atoms with Gasteiger partial charge in [0, 0.05) is 12.1 Å². The predicted octanol–water partition coefficient (Wildman–Crippen LogP) is 5.64. The van der Waals surface area contributed by atoms with Gasteiger partial charge >= 0.3 is 0 Å². The van der Waals surface area contributed by atoms with E-state index < -0.39 is 0 Å². The second-order valence-electron chi connectivity index (χ2n) is 6.64. The highest BCUT2D eigenvalue weighted by atomic mass is 16.5. The van der Waals surface area contributed by atoms with E-state index in [4.69, 9.17) is 4.74 Å². The van der Waals surface area contributed by atoms with Gasteiger partial charge in [-0.1, -0.05) is 78.9 Å². The maximum Gasteiger partial charge on any atom is 0.127 e. The van der Waals surface area contributed by atoms with E-state index in [1.165, 1.54) is 11.1 Å². The highest BCUT2D eigenvalue weighted by Gasteiger charge is 2.05. The summed E-state index contributed by atoms with van der Waals surface area (Å²) in [7, 11) is 2.18. The summed E-state index contributed by atoms with van der Waals surface area (Å²) < 4.78 is 6.07. The van der Waals surface area contributed by atoms with Crippen molar-refractivity contribution >= 4 is 0 Å². The van der Waals surface area contributed by atoms with Gasteiger partial charge in [-0.3, -0.25) is 0 Å². The quantitative estimate of drug-likeness (QED) is 0.465. The molecule has 0 spiro atoms. The molecule has 0 atom stereocenters. The normalized spacial score (nSPS) is 10.8. The summed E-state index contributed by atoms with van der Waals surface area (Å²) in [5.41, 5.74) is 3.73. The molecule has 0 aliphatic heterocycles. The number of ether oxygens (including phenoxy) is 1. The highest BCUT2D eigenvalue weighted by Crippen LogP contribution is 2.29. The van der Waals surface area contributed by atoms with Gasteiger partial charge < -0.3 is 9.64 Å². The molecule has 0 radical (unpaired) electrons. The van der Waals surface area contributed by atoms with Crippen LogP contribution in [0.15, 0.2) is 84.9 Å². The Bertz CT molecular complexity index is 770. The van der Waals surface area contributed by atoms with Gasteiger partial charge in [-0.15, -0.1) is 0 Å². The van der Waals surface area contributed by atoms with Crippen molar-refractivity contribution < 1.29 is 4.74 Å². The predicted molar refractivity (Wildman–Crippen MR) is 109 cm³/mol. The molecule has 2 nitrogen and oxygen atoms in total. The highest BCUT2D eigenvalue weighted by molar-refractivity contribution is 5.70. The van der Waals surface area contributed by atoms with Gasteiger partial charge in [0.05, 0.1) is 6.61 Å². The minimum atomic E-state index is 0.753. The van der Waals surface area contributed by atoms with E-state index in [2.05, 4.69) is 84.7 Å². The fourth-order valence-electron chi connectivity index (χ4n) is 3.09. The molecular weight excluding hydrogens is 318 g/mol. The largest absolute Gasteiger partial charge is 0.493 e. The average Bonchev–Trinajstić information content (AvgIpc) is 2.69. The molecule has 0 fully saturated rings. The summed E-state index contributed by atoms with van der Waals surface area (Å²) >= 11 is 0.